The predicted octanol–water partition coefficient (Wildman–Crippen LogP) is 4.78. The average Bonchev–Trinajstić information content (AvgIpc) is 2.73. The van der Waals surface area contributed by atoms with Crippen LogP contribution < -0.4 is 0 Å². The van der Waals surface area contributed by atoms with Gasteiger partial charge in [-0.2, -0.15) is 0 Å². The second-order valence-electron chi connectivity index (χ2n) is 3.91. The third kappa shape index (κ3) is 1.36. The Hall–Kier alpha value is -1.60. The van der Waals surface area contributed by atoms with E-state index in [2.05, 4.69) is 48.4 Å². The summed E-state index contributed by atoms with van der Waals surface area (Å²) < 4.78 is 1.37. The Balaban J connectivity index is 2.46. The third-order valence-corrected chi connectivity index (χ3v) is 3.90. The van der Waals surface area contributed by atoms with Crippen LogP contribution in [0.2, 0.25) is 0 Å². The largest absolute Gasteiger partial charge is 0.143 e. The van der Waals surface area contributed by atoms with Gasteiger partial charge in [0.25, 0.3) is 0 Å². The topological polar surface area (TPSA) is 0 Å². The molecule has 0 atom stereocenters. The molecule has 0 bridgehead atoms. The summed E-state index contributed by atoms with van der Waals surface area (Å²) in [4.78, 5) is 0. The highest BCUT2D eigenvalue weighted by atomic mass is 32.1. The van der Waals surface area contributed by atoms with Gasteiger partial charge < -0.3 is 0 Å². The monoisotopic (exact) mass is 224 g/mol. The SMILES string of the molecule is C=CCc1csc2ccc3ccccc3c12. The predicted molar refractivity (Wildman–Crippen MR) is 73.2 cm³/mol. The Morgan fingerprint density at radius 1 is 1.12 bits per heavy atom. The lowest BCUT2D eigenvalue weighted by Gasteiger charge is -2.01. The number of allylic oxidation sites excluding steroid dienone is 1. The highest BCUT2D eigenvalue weighted by molar-refractivity contribution is 7.17. The van der Waals surface area contributed by atoms with Crippen LogP contribution in [0, 0.1) is 0 Å². The Labute approximate surface area is 98.8 Å². The Morgan fingerprint density at radius 2 is 2.00 bits per heavy atom. The maximum absolute atomic E-state index is 3.83. The first-order valence-electron chi connectivity index (χ1n) is 5.39. The van der Waals surface area contributed by atoms with Crippen molar-refractivity contribution in [2.45, 2.75) is 6.42 Å². The van der Waals surface area contributed by atoms with E-state index < -0.39 is 0 Å². The quantitative estimate of drug-likeness (QED) is 0.549. The van der Waals surface area contributed by atoms with Gasteiger partial charge in [0.15, 0.2) is 0 Å². The summed E-state index contributed by atoms with van der Waals surface area (Å²) >= 11 is 1.82. The molecular weight excluding hydrogens is 212 g/mol. The average molecular weight is 224 g/mol. The van der Waals surface area contributed by atoms with Gasteiger partial charge in [0.2, 0.25) is 0 Å². The van der Waals surface area contributed by atoms with E-state index in [1.165, 1.54) is 26.4 Å². The van der Waals surface area contributed by atoms with Crippen LogP contribution in [-0.4, -0.2) is 0 Å². The van der Waals surface area contributed by atoms with Gasteiger partial charge in [0, 0.05) is 10.1 Å². The van der Waals surface area contributed by atoms with Crippen molar-refractivity contribution < 1.29 is 0 Å². The zero-order chi connectivity index (χ0) is 11.0. The van der Waals surface area contributed by atoms with Gasteiger partial charge in [-0.3, -0.25) is 0 Å². The van der Waals surface area contributed by atoms with Crippen LogP contribution in [0.4, 0.5) is 0 Å². The molecule has 1 aromatic heterocycles. The van der Waals surface area contributed by atoms with E-state index in [9.17, 15) is 0 Å². The van der Waals surface area contributed by atoms with Crippen molar-refractivity contribution in [1.82, 2.24) is 0 Å². The van der Waals surface area contributed by atoms with Crippen molar-refractivity contribution in [3.63, 3.8) is 0 Å². The minimum atomic E-state index is 0.952. The van der Waals surface area contributed by atoms with Crippen molar-refractivity contribution >= 4 is 32.2 Å². The number of hydrogen-bond donors (Lipinski definition) is 0. The Bertz CT molecular complexity index is 661. The Kier molecular flexibility index (Phi) is 2.26. The van der Waals surface area contributed by atoms with Crippen molar-refractivity contribution in [1.29, 1.82) is 0 Å². The normalized spacial score (nSPS) is 11.0. The number of rotatable bonds is 2. The number of thiophene rings is 1. The fraction of sp³-hybridized carbons (Fsp3) is 0.0667. The molecule has 2 aromatic carbocycles. The standard InChI is InChI=1S/C15H12S/c1-2-5-12-10-16-14-9-8-11-6-3-4-7-13(11)15(12)14/h2-4,6-10H,1,5H2. The molecule has 1 heterocycles. The lowest BCUT2D eigenvalue weighted by atomic mass is 10.0. The van der Waals surface area contributed by atoms with Crippen molar-refractivity contribution in [3.05, 3.63) is 60.0 Å². The molecule has 16 heavy (non-hydrogen) atoms. The first-order valence-corrected chi connectivity index (χ1v) is 6.27. The fourth-order valence-electron chi connectivity index (χ4n) is 2.18. The van der Waals surface area contributed by atoms with Gasteiger partial charge in [0.1, 0.15) is 0 Å². The van der Waals surface area contributed by atoms with E-state index in [1.54, 1.807) is 0 Å². The third-order valence-electron chi connectivity index (χ3n) is 2.90. The maximum Gasteiger partial charge on any atom is 0.0352 e. The van der Waals surface area contributed by atoms with Crippen molar-refractivity contribution in [3.8, 4) is 0 Å². The van der Waals surface area contributed by atoms with Crippen LogP contribution in [0.15, 0.2) is 54.4 Å². The lowest BCUT2D eigenvalue weighted by molar-refractivity contribution is 1.33. The molecule has 0 N–H and O–H groups in total. The molecular formula is C15H12S. The number of benzene rings is 2. The number of hydrogen-bond acceptors (Lipinski definition) is 1. The number of fused-ring (bicyclic) bond motifs is 3. The van der Waals surface area contributed by atoms with Gasteiger partial charge in [-0.05, 0) is 34.2 Å². The molecule has 0 fully saturated rings. The van der Waals surface area contributed by atoms with Crippen LogP contribution in [0.3, 0.4) is 0 Å². The summed E-state index contributed by atoms with van der Waals surface area (Å²) in [5.74, 6) is 0. The van der Waals surface area contributed by atoms with Crippen LogP contribution in [0.1, 0.15) is 5.56 Å². The molecule has 0 saturated carbocycles. The smallest absolute Gasteiger partial charge is 0.0352 e. The molecule has 0 amide bonds. The zero-order valence-corrected chi connectivity index (χ0v) is 9.76. The van der Waals surface area contributed by atoms with Crippen LogP contribution in [-0.2, 0) is 6.42 Å². The summed E-state index contributed by atoms with van der Waals surface area (Å²) in [5.41, 5.74) is 1.40. The molecule has 0 aliphatic carbocycles. The molecule has 3 aromatic rings. The minimum Gasteiger partial charge on any atom is -0.143 e. The summed E-state index contributed by atoms with van der Waals surface area (Å²) in [5, 5.41) is 6.33. The second kappa shape index (κ2) is 3.76. The van der Waals surface area contributed by atoms with Gasteiger partial charge in [-0.25, -0.2) is 0 Å². The van der Waals surface area contributed by atoms with Crippen molar-refractivity contribution in [2.75, 3.05) is 0 Å². The van der Waals surface area contributed by atoms with Gasteiger partial charge in [-0.1, -0.05) is 36.4 Å². The van der Waals surface area contributed by atoms with Crippen LogP contribution in [0.25, 0.3) is 20.9 Å². The van der Waals surface area contributed by atoms with Crippen molar-refractivity contribution in [2.24, 2.45) is 0 Å². The maximum atomic E-state index is 3.83. The molecule has 0 spiro atoms. The van der Waals surface area contributed by atoms with E-state index >= 15 is 0 Å². The molecule has 0 unspecified atom stereocenters. The fourth-order valence-corrected chi connectivity index (χ4v) is 3.17. The van der Waals surface area contributed by atoms with E-state index in [1.807, 2.05) is 17.4 Å². The van der Waals surface area contributed by atoms with E-state index in [4.69, 9.17) is 0 Å². The van der Waals surface area contributed by atoms with Crippen LogP contribution in [0.5, 0.6) is 0 Å². The van der Waals surface area contributed by atoms with Crippen LogP contribution >= 0.6 is 11.3 Å². The molecule has 1 heteroatoms. The van der Waals surface area contributed by atoms with Gasteiger partial charge in [0.05, 0.1) is 0 Å². The summed E-state index contributed by atoms with van der Waals surface area (Å²) in [7, 11) is 0. The van der Waals surface area contributed by atoms with Gasteiger partial charge in [-0.15, -0.1) is 17.9 Å². The first kappa shape index (κ1) is 9.61. The highest BCUT2D eigenvalue weighted by Crippen LogP contribution is 2.33. The van der Waals surface area contributed by atoms with E-state index in [0.717, 1.165) is 6.42 Å². The highest BCUT2D eigenvalue weighted by Gasteiger charge is 2.06. The molecule has 0 radical (unpaired) electrons. The first-order chi connectivity index (χ1) is 7.90. The summed E-state index contributed by atoms with van der Waals surface area (Å²) in [6, 6.07) is 13.0. The van der Waals surface area contributed by atoms with E-state index in [0.29, 0.717) is 0 Å². The van der Waals surface area contributed by atoms with E-state index in [-0.39, 0.29) is 0 Å². The Morgan fingerprint density at radius 3 is 2.88 bits per heavy atom. The zero-order valence-electron chi connectivity index (χ0n) is 8.94. The molecule has 78 valence electrons. The molecule has 0 saturated heterocycles. The molecule has 3 rings (SSSR count). The van der Waals surface area contributed by atoms with Gasteiger partial charge >= 0.3 is 0 Å². The second-order valence-corrected chi connectivity index (χ2v) is 4.82. The minimum absolute atomic E-state index is 0.952. The molecule has 0 nitrogen and oxygen atoms in total. The summed E-state index contributed by atoms with van der Waals surface area (Å²) in [6.45, 7) is 3.83. The summed E-state index contributed by atoms with van der Waals surface area (Å²) in [6.07, 6.45) is 2.93. The molecule has 0 aliphatic heterocycles. The lowest BCUT2D eigenvalue weighted by Crippen LogP contribution is -1.79. The molecule has 0 aliphatic rings.